The molecule has 4 nitrogen and oxygen atoms in total. The molecule has 0 aliphatic heterocycles. The van der Waals surface area contributed by atoms with E-state index in [0.29, 0.717) is 0 Å². The molecule has 0 saturated carbocycles. The standard InChI is InChI=1S/C15H20O4/c1-4-8-11(3)19-15(17)13-10-7-6-9-12(13)14(16)18-5-2/h6-7,9-11H,4-5,8H2,1-3H3. The minimum atomic E-state index is -0.502. The Morgan fingerprint density at radius 2 is 1.68 bits per heavy atom. The summed E-state index contributed by atoms with van der Waals surface area (Å²) in [7, 11) is 0. The maximum Gasteiger partial charge on any atom is 0.339 e. The van der Waals surface area contributed by atoms with Gasteiger partial charge in [-0.15, -0.1) is 0 Å². The molecule has 0 N–H and O–H groups in total. The first-order chi connectivity index (χ1) is 9.10. The summed E-state index contributed by atoms with van der Waals surface area (Å²) in [4.78, 5) is 23.8. The van der Waals surface area contributed by atoms with Crippen LogP contribution in [0.3, 0.4) is 0 Å². The summed E-state index contributed by atoms with van der Waals surface area (Å²) in [6.07, 6.45) is 1.58. The van der Waals surface area contributed by atoms with Crippen molar-refractivity contribution >= 4 is 11.9 Å². The third-order valence-electron chi connectivity index (χ3n) is 2.65. The van der Waals surface area contributed by atoms with Gasteiger partial charge >= 0.3 is 11.9 Å². The molecule has 0 aliphatic rings. The van der Waals surface area contributed by atoms with Gasteiger partial charge in [0.25, 0.3) is 0 Å². The fourth-order valence-electron chi connectivity index (χ4n) is 1.76. The predicted octanol–water partition coefficient (Wildman–Crippen LogP) is 3.21. The van der Waals surface area contributed by atoms with Crippen molar-refractivity contribution in [1.29, 1.82) is 0 Å². The van der Waals surface area contributed by atoms with Crippen LogP contribution in [0.2, 0.25) is 0 Å². The number of benzene rings is 1. The molecule has 0 amide bonds. The van der Waals surface area contributed by atoms with Gasteiger partial charge in [-0.05, 0) is 32.4 Å². The van der Waals surface area contributed by atoms with E-state index in [4.69, 9.17) is 9.47 Å². The summed E-state index contributed by atoms with van der Waals surface area (Å²) in [5, 5.41) is 0. The lowest BCUT2D eigenvalue weighted by Gasteiger charge is -2.13. The molecule has 0 aromatic heterocycles. The van der Waals surface area contributed by atoms with Gasteiger partial charge in [0.2, 0.25) is 0 Å². The summed E-state index contributed by atoms with van der Waals surface area (Å²) in [6, 6.07) is 6.54. The smallest absolute Gasteiger partial charge is 0.339 e. The first kappa shape index (κ1) is 15.2. The molecule has 104 valence electrons. The van der Waals surface area contributed by atoms with Crippen LogP contribution >= 0.6 is 0 Å². The minimum absolute atomic E-state index is 0.159. The van der Waals surface area contributed by atoms with Crippen LogP contribution in [0.5, 0.6) is 0 Å². The summed E-state index contributed by atoms with van der Waals surface area (Å²) in [5.74, 6) is -0.984. The van der Waals surface area contributed by atoms with Crippen LogP contribution in [-0.4, -0.2) is 24.6 Å². The summed E-state index contributed by atoms with van der Waals surface area (Å²) in [5.41, 5.74) is 0.502. The maximum atomic E-state index is 12.0. The summed E-state index contributed by atoms with van der Waals surface area (Å²) in [6.45, 7) is 5.86. The fraction of sp³-hybridized carbons (Fsp3) is 0.467. The van der Waals surface area contributed by atoms with E-state index in [9.17, 15) is 9.59 Å². The number of esters is 2. The second kappa shape index (κ2) is 7.56. The number of hydrogen-bond donors (Lipinski definition) is 0. The van der Waals surface area contributed by atoms with Gasteiger partial charge in [0.05, 0.1) is 23.8 Å². The predicted molar refractivity (Wildman–Crippen MR) is 72.2 cm³/mol. The minimum Gasteiger partial charge on any atom is -0.462 e. The van der Waals surface area contributed by atoms with Crippen LogP contribution in [0, 0.1) is 0 Å². The molecular weight excluding hydrogens is 244 g/mol. The van der Waals surface area contributed by atoms with Gasteiger partial charge in [-0.1, -0.05) is 25.5 Å². The molecule has 1 aromatic carbocycles. The molecule has 1 rings (SSSR count). The molecule has 1 unspecified atom stereocenters. The van der Waals surface area contributed by atoms with E-state index in [-0.39, 0.29) is 23.8 Å². The van der Waals surface area contributed by atoms with E-state index in [1.165, 1.54) is 0 Å². The quantitative estimate of drug-likeness (QED) is 0.740. The Kier molecular flexibility index (Phi) is 6.06. The van der Waals surface area contributed by atoms with E-state index >= 15 is 0 Å². The average Bonchev–Trinajstić information content (AvgIpc) is 2.39. The largest absolute Gasteiger partial charge is 0.462 e. The highest BCUT2D eigenvalue weighted by Gasteiger charge is 2.19. The van der Waals surface area contributed by atoms with E-state index in [1.54, 1.807) is 31.2 Å². The van der Waals surface area contributed by atoms with Gasteiger partial charge in [0.15, 0.2) is 0 Å². The van der Waals surface area contributed by atoms with Gasteiger partial charge in [-0.25, -0.2) is 9.59 Å². The van der Waals surface area contributed by atoms with Gasteiger partial charge in [-0.3, -0.25) is 0 Å². The molecule has 1 atom stereocenters. The SMILES string of the molecule is CCCC(C)OC(=O)c1ccccc1C(=O)OCC. The van der Waals surface area contributed by atoms with Crippen molar-refractivity contribution in [2.24, 2.45) is 0 Å². The average molecular weight is 264 g/mol. The Hall–Kier alpha value is -1.84. The molecule has 0 radical (unpaired) electrons. The molecule has 0 bridgehead atoms. The summed E-state index contributed by atoms with van der Waals surface area (Å²) >= 11 is 0. The zero-order valence-corrected chi connectivity index (χ0v) is 11.6. The maximum absolute atomic E-state index is 12.0. The van der Waals surface area contributed by atoms with Crippen LogP contribution < -0.4 is 0 Å². The van der Waals surface area contributed by atoms with Gasteiger partial charge in [0, 0.05) is 0 Å². The summed E-state index contributed by atoms with van der Waals surface area (Å²) < 4.78 is 10.2. The monoisotopic (exact) mass is 264 g/mol. The Morgan fingerprint density at radius 1 is 1.11 bits per heavy atom. The molecular formula is C15H20O4. The molecule has 19 heavy (non-hydrogen) atoms. The lowest BCUT2D eigenvalue weighted by Crippen LogP contribution is -2.18. The number of ether oxygens (including phenoxy) is 2. The second-order valence-corrected chi connectivity index (χ2v) is 4.27. The van der Waals surface area contributed by atoms with Gasteiger partial charge < -0.3 is 9.47 Å². The van der Waals surface area contributed by atoms with Crippen LogP contribution in [-0.2, 0) is 9.47 Å². The highest BCUT2D eigenvalue weighted by Crippen LogP contribution is 2.14. The third kappa shape index (κ3) is 4.39. The normalized spacial score (nSPS) is 11.7. The third-order valence-corrected chi connectivity index (χ3v) is 2.65. The van der Waals surface area contributed by atoms with Crippen molar-refractivity contribution in [3.8, 4) is 0 Å². The second-order valence-electron chi connectivity index (χ2n) is 4.27. The van der Waals surface area contributed by atoms with Crippen LogP contribution in [0.25, 0.3) is 0 Å². The first-order valence-corrected chi connectivity index (χ1v) is 6.57. The van der Waals surface area contributed by atoms with Crippen molar-refractivity contribution in [3.63, 3.8) is 0 Å². The lowest BCUT2D eigenvalue weighted by atomic mass is 10.1. The van der Waals surface area contributed by atoms with Crippen LogP contribution in [0.4, 0.5) is 0 Å². The fourth-order valence-corrected chi connectivity index (χ4v) is 1.76. The lowest BCUT2D eigenvalue weighted by molar-refractivity contribution is 0.0312. The van der Waals surface area contributed by atoms with Crippen molar-refractivity contribution in [3.05, 3.63) is 35.4 Å². The molecule has 0 fully saturated rings. The number of rotatable bonds is 6. The Balaban J connectivity index is 2.87. The molecule has 0 aliphatic carbocycles. The molecule has 0 saturated heterocycles. The van der Waals surface area contributed by atoms with E-state index in [1.807, 2.05) is 13.8 Å². The van der Waals surface area contributed by atoms with Gasteiger partial charge in [0.1, 0.15) is 0 Å². The molecule has 0 heterocycles. The number of carbonyl (C=O) groups excluding carboxylic acids is 2. The van der Waals surface area contributed by atoms with Crippen molar-refractivity contribution in [2.75, 3.05) is 6.61 Å². The van der Waals surface area contributed by atoms with Crippen molar-refractivity contribution in [1.82, 2.24) is 0 Å². The van der Waals surface area contributed by atoms with Crippen molar-refractivity contribution in [2.45, 2.75) is 39.7 Å². The van der Waals surface area contributed by atoms with Crippen LogP contribution in [0.15, 0.2) is 24.3 Å². The topological polar surface area (TPSA) is 52.6 Å². The van der Waals surface area contributed by atoms with E-state index in [2.05, 4.69) is 0 Å². The molecule has 1 aromatic rings. The highest BCUT2D eigenvalue weighted by atomic mass is 16.5. The van der Waals surface area contributed by atoms with E-state index < -0.39 is 11.9 Å². The Bertz CT molecular complexity index is 440. The molecule has 0 spiro atoms. The number of carbonyl (C=O) groups is 2. The number of hydrogen-bond acceptors (Lipinski definition) is 4. The van der Waals surface area contributed by atoms with Crippen LogP contribution in [0.1, 0.15) is 54.3 Å². The first-order valence-electron chi connectivity index (χ1n) is 6.57. The van der Waals surface area contributed by atoms with Crippen molar-refractivity contribution < 1.29 is 19.1 Å². The Morgan fingerprint density at radius 3 is 2.21 bits per heavy atom. The zero-order valence-electron chi connectivity index (χ0n) is 11.6. The zero-order chi connectivity index (χ0) is 14.3. The van der Waals surface area contributed by atoms with Gasteiger partial charge in [-0.2, -0.15) is 0 Å². The highest BCUT2D eigenvalue weighted by molar-refractivity contribution is 6.03. The Labute approximate surface area is 113 Å². The van der Waals surface area contributed by atoms with E-state index in [0.717, 1.165) is 12.8 Å². The molecule has 4 heteroatoms.